The SMILES string of the molecule is CCOC(=O)CCC(=O)NCCn1cc(-c2ccco2)cn1. The van der Waals surface area contributed by atoms with Gasteiger partial charge in [0.25, 0.3) is 0 Å². The summed E-state index contributed by atoms with van der Waals surface area (Å²) in [4.78, 5) is 22.7. The lowest BCUT2D eigenvalue weighted by Gasteiger charge is -2.05. The minimum atomic E-state index is -0.354. The van der Waals surface area contributed by atoms with Crippen LogP contribution in [0.5, 0.6) is 0 Å². The Morgan fingerprint density at radius 1 is 1.41 bits per heavy atom. The monoisotopic (exact) mass is 305 g/mol. The van der Waals surface area contributed by atoms with E-state index < -0.39 is 0 Å². The predicted molar refractivity (Wildman–Crippen MR) is 78.8 cm³/mol. The van der Waals surface area contributed by atoms with E-state index in [-0.39, 0.29) is 24.7 Å². The lowest BCUT2D eigenvalue weighted by Crippen LogP contribution is -2.27. The summed E-state index contributed by atoms with van der Waals surface area (Å²) in [6.07, 6.45) is 5.40. The molecule has 0 saturated carbocycles. The fourth-order valence-electron chi connectivity index (χ4n) is 1.90. The normalized spacial score (nSPS) is 10.4. The van der Waals surface area contributed by atoms with Crippen LogP contribution in [0.3, 0.4) is 0 Å². The van der Waals surface area contributed by atoms with Gasteiger partial charge >= 0.3 is 5.97 Å². The maximum absolute atomic E-state index is 11.6. The number of hydrogen-bond donors (Lipinski definition) is 1. The zero-order chi connectivity index (χ0) is 15.8. The minimum absolute atomic E-state index is 0.101. The Labute approximate surface area is 128 Å². The molecule has 2 heterocycles. The Hall–Kier alpha value is -2.57. The lowest BCUT2D eigenvalue weighted by atomic mass is 10.3. The van der Waals surface area contributed by atoms with Crippen molar-refractivity contribution < 1.29 is 18.7 Å². The molecule has 118 valence electrons. The van der Waals surface area contributed by atoms with Crippen molar-refractivity contribution in [2.75, 3.05) is 13.2 Å². The second kappa shape index (κ2) is 8.02. The van der Waals surface area contributed by atoms with Crippen molar-refractivity contribution in [3.63, 3.8) is 0 Å². The van der Waals surface area contributed by atoms with Crippen molar-refractivity contribution in [2.45, 2.75) is 26.3 Å². The molecular weight excluding hydrogens is 286 g/mol. The average molecular weight is 305 g/mol. The van der Waals surface area contributed by atoms with Gasteiger partial charge in [-0.25, -0.2) is 0 Å². The quantitative estimate of drug-likeness (QED) is 0.749. The molecule has 2 rings (SSSR count). The second-order valence-corrected chi connectivity index (χ2v) is 4.62. The summed E-state index contributed by atoms with van der Waals surface area (Å²) in [5.74, 6) is 0.226. The first-order chi connectivity index (χ1) is 10.7. The summed E-state index contributed by atoms with van der Waals surface area (Å²) in [6.45, 7) is 3.06. The maximum Gasteiger partial charge on any atom is 0.306 e. The number of furan rings is 1. The molecule has 0 unspecified atom stereocenters. The van der Waals surface area contributed by atoms with E-state index in [0.29, 0.717) is 19.7 Å². The van der Waals surface area contributed by atoms with E-state index >= 15 is 0 Å². The van der Waals surface area contributed by atoms with Crippen LogP contribution in [-0.4, -0.2) is 34.8 Å². The van der Waals surface area contributed by atoms with Crippen LogP contribution in [0.4, 0.5) is 0 Å². The molecule has 0 saturated heterocycles. The van der Waals surface area contributed by atoms with Gasteiger partial charge in [0, 0.05) is 19.2 Å². The molecule has 0 atom stereocenters. The van der Waals surface area contributed by atoms with E-state index in [4.69, 9.17) is 9.15 Å². The van der Waals surface area contributed by atoms with Crippen LogP contribution in [0.25, 0.3) is 11.3 Å². The van der Waals surface area contributed by atoms with Crippen LogP contribution in [0.1, 0.15) is 19.8 Å². The molecule has 7 heteroatoms. The largest absolute Gasteiger partial charge is 0.466 e. The standard InChI is InChI=1S/C15H19N3O4/c1-2-21-15(20)6-5-14(19)16-7-8-18-11-12(10-17-18)13-4-3-9-22-13/h3-4,9-11H,2,5-8H2,1H3,(H,16,19). The first-order valence-electron chi connectivity index (χ1n) is 7.17. The van der Waals surface area contributed by atoms with Crippen LogP contribution < -0.4 is 5.32 Å². The van der Waals surface area contributed by atoms with Crippen LogP contribution in [0.2, 0.25) is 0 Å². The Morgan fingerprint density at radius 3 is 3.00 bits per heavy atom. The fraction of sp³-hybridized carbons (Fsp3) is 0.400. The van der Waals surface area contributed by atoms with E-state index in [1.807, 2.05) is 18.3 Å². The lowest BCUT2D eigenvalue weighted by molar-refractivity contribution is -0.144. The number of ether oxygens (including phenoxy) is 1. The summed E-state index contributed by atoms with van der Waals surface area (Å²) >= 11 is 0. The number of amides is 1. The van der Waals surface area contributed by atoms with Crippen molar-refractivity contribution in [2.24, 2.45) is 0 Å². The molecule has 0 spiro atoms. The van der Waals surface area contributed by atoms with Gasteiger partial charge in [0.1, 0.15) is 5.76 Å². The molecule has 0 bridgehead atoms. The zero-order valence-corrected chi connectivity index (χ0v) is 12.4. The van der Waals surface area contributed by atoms with Crippen molar-refractivity contribution >= 4 is 11.9 Å². The van der Waals surface area contributed by atoms with Gasteiger partial charge in [-0.2, -0.15) is 5.10 Å². The summed E-state index contributed by atoms with van der Waals surface area (Å²) < 4.78 is 11.8. The number of aromatic nitrogens is 2. The Balaban J connectivity index is 1.68. The molecule has 0 fully saturated rings. The molecule has 7 nitrogen and oxygen atoms in total. The number of nitrogens with zero attached hydrogens (tertiary/aromatic N) is 2. The second-order valence-electron chi connectivity index (χ2n) is 4.62. The third-order valence-electron chi connectivity index (χ3n) is 2.96. The van der Waals surface area contributed by atoms with E-state index in [0.717, 1.165) is 11.3 Å². The number of carbonyl (C=O) groups is 2. The molecular formula is C15H19N3O4. The molecule has 0 aliphatic heterocycles. The first-order valence-corrected chi connectivity index (χ1v) is 7.17. The smallest absolute Gasteiger partial charge is 0.306 e. The molecule has 2 aromatic rings. The van der Waals surface area contributed by atoms with Gasteiger partial charge in [0.2, 0.25) is 5.91 Å². The Morgan fingerprint density at radius 2 is 2.27 bits per heavy atom. The number of hydrogen-bond acceptors (Lipinski definition) is 5. The highest BCUT2D eigenvalue weighted by Crippen LogP contribution is 2.18. The topological polar surface area (TPSA) is 86.4 Å². The summed E-state index contributed by atoms with van der Waals surface area (Å²) in [5.41, 5.74) is 0.888. The van der Waals surface area contributed by atoms with Gasteiger partial charge in [-0.05, 0) is 19.1 Å². The van der Waals surface area contributed by atoms with Gasteiger partial charge < -0.3 is 14.5 Å². The van der Waals surface area contributed by atoms with Crippen molar-refractivity contribution in [1.29, 1.82) is 0 Å². The molecule has 0 radical (unpaired) electrons. The van der Waals surface area contributed by atoms with Crippen LogP contribution in [0.15, 0.2) is 35.2 Å². The first kappa shape index (κ1) is 15.8. The molecule has 2 aromatic heterocycles. The van der Waals surface area contributed by atoms with Gasteiger partial charge in [-0.3, -0.25) is 14.3 Å². The van der Waals surface area contributed by atoms with E-state index in [2.05, 4.69) is 10.4 Å². The summed E-state index contributed by atoms with van der Waals surface area (Å²) in [5, 5.41) is 6.94. The maximum atomic E-state index is 11.6. The van der Waals surface area contributed by atoms with Crippen LogP contribution in [-0.2, 0) is 20.9 Å². The predicted octanol–water partition coefficient (Wildman–Crippen LogP) is 1.60. The minimum Gasteiger partial charge on any atom is -0.466 e. The highest BCUT2D eigenvalue weighted by Gasteiger charge is 2.07. The number of nitrogens with one attached hydrogen (secondary N) is 1. The third-order valence-corrected chi connectivity index (χ3v) is 2.96. The van der Waals surface area contributed by atoms with E-state index in [1.54, 1.807) is 24.1 Å². The van der Waals surface area contributed by atoms with Crippen molar-refractivity contribution in [3.8, 4) is 11.3 Å². The van der Waals surface area contributed by atoms with Crippen molar-refractivity contribution in [1.82, 2.24) is 15.1 Å². The molecule has 1 amide bonds. The van der Waals surface area contributed by atoms with Crippen molar-refractivity contribution in [3.05, 3.63) is 30.8 Å². The molecule has 0 aliphatic carbocycles. The van der Waals surface area contributed by atoms with Crippen LogP contribution >= 0.6 is 0 Å². The van der Waals surface area contributed by atoms with Crippen LogP contribution in [0, 0.1) is 0 Å². The molecule has 0 aliphatic rings. The van der Waals surface area contributed by atoms with Gasteiger partial charge in [-0.15, -0.1) is 0 Å². The summed E-state index contributed by atoms with van der Waals surface area (Å²) in [6, 6.07) is 3.68. The Kier molecular flexibility index (Phi) is 5.76. The molecule has 1 N–H and O–H groups in total. The Bertz CT molecular complexity index is 604. The molecule has 0 aromatic carbocycles. The number of carbonyl (C=O) groups excluding carboxylic acids is 2. The molecule has 22 heavy (non-hydrogen) atoms. The summed E-state index contributed by atoms with van der Waals surface area (Å²) in [7, 11) is 0. The van der Waals surface area contributed by atoms with Gasteiger partial charge in [0.15, 0.2) is 0 Å². The average Bonchev–Trinajstić information content (AvgIpc) is 3.16. The fourth-order valence-corrected chi connectivity index (χ4v) is 1.90. The highest BCUT2D eigenvalue weighted by atomic mass is 16.5. The zero-order valence-electron chi connectivity index (χ0n) is 12.4. The number of rotatable bonds is 8. The third kappa shape index (κ3) is 4.76. The highest BCUT2D eigenvalue weighted by molar-refractivity contribution is 5.81. The van der Waals surface area contributed by atoms with E-state index in [1.165, 1.54) is 0 Å². The van der Waals surface area contributed by atoms with E-state index in [9.17, 15) is 9.59 Å². The number of esters is 1. The van der Waals surface area contributed by atoms with Gasteiger partial charge in [-0.1, -0.05) is 0 Å². The van der Waals surface area contributed by atoms with Gasteiger partial charge in [0.05, 0.1) is 37.6 Å².